The van der Waals surface area contributed by atoms with Crippen LogP contribution in [0.4, 0.5) is 4.39 Å². The van der Waals surface area contributed by atoms with Gasteiger partial charge in [0.05, 0.1) is 0 Å². The Balaban J connectivity index is 2.19. The van der Waals surface area contributed by atoms with Crippen molar-refractivity contribution < 1.29 is 4.39 Å². The fraction of sp³-hybridized carbons (Fsp3) is 0.571. The summed E-state index contributed by atoms with van der Waals surface area (Å²) in [6.07, 6.45) is 3.69. The van der Waals surface area contributed by atoms with Gasteiger partial charge in [-0.25, -0.2) is 4.39 Å². The van der Waals surface area contributed by atoms with E-state index in [0.29, 0.717) is 5.92 Å². The number of benzene rings is 1. The summed E-state index contributed by atoms with van der Waals surface area (Å²) in [7, 11) is 1.93. The normalized spacial score (nSPS) is 26.9. The Bertz CT molecular complexity index is 350. The number of rotatable bonds is 3. The summed E-state index contributed by atoms with van der Waals surface area (Å²) in [6.45, 7) is 2.29. The molecule has 3 atom stereocenters. The summed E-state index contributed by atoms with van der Waals surface area (Å²) in [5.41, 5.74) is 0.823. The lowest BCUT2D eigenvalue weighted by Gasteiger charge is -2.24. The summed E-state index contributed by atoms with van der Waals surface area (Å²) in [4.78, 5) is 0. The van der Waals surface area contributed by atoms with Gasteiger partial charge in [0.1, 0.15) is 5.82 Å². The number of hydrogen-bond acceptors (Lipinski definition) is 1. The van der Waals surface area contributed by atoms with E-state index in [9.17, 15) is 4.39 Å². The second kappa shape index (κ2) is 4.96. The SMILES string of the molecule is CNC(c1ccccc1F)C1CCC(C)C1. The smallest absolute Gasteiger partial charge is 0.127 e. The van der Waals surface area contributed by atoms with Crippen molar-refractivity contribution in [2.24, 2.45) is 11.8 Å². The van der Waals surface area contributed by atoms with Gasteiger partial charge < -0.3 is 5.32 Å². The highest BCUT2D eigenvalue weighted by molar-refractivity contribution is 5.22. The van der Waals surface area contributed by atoms with Crippen molar-refractivity contribution in [2.45, 2.75) is 32.2 Å². The van der Waals surface area contributed by atoms with Crippen LogP contribution in [0.3, 0.4) is 0 Å². The van der Waals surface area contributed by atoms with Crippen molar-refractivity contribution in [1.29, 1.82) is 0 Å². The minimum absolute atomic E-state index is 0.0820. The molecule has 2 rings (SSSR count). The molecule has 0 spiro atoms. The van der Waals surface area contributed by atoms with Crippen LogP contribution in [0.5, 0.6) is 0 Å². The van der Waals surface area contributed by atoms with E-state index in [-0.39, 0.29) is 11.9 Å². The summed E-state index contributed by atoms with van der Waals surface area (Å²) >= 11 is 0. The molecule has 88 valence electrons. The predicted octanol–water partition coefficient (Wildman–Crippen LogP) is 3.52. The fourth-order valence-electron chi connectivity index (χ4n) is 2.93. The first kappa shape index (κ1) is 11.6. The van der Waals surface area contributed by atoms with Crippen LogP contribution in [0.1, 0.15) is 37.8 Å². The molecule has 1 nitrogen and oxygen atoms in total. The Labute approximate surface area is 97.1 Å². The highest BCUT2D eigenvalue weighted by Crippen LogP contribution is 2.39. The molecule has 1 saturated carbocycles. The van der Waals surface area contributed by atoms with E-state index in [1.165, 1.54) is 19.3 Å². The maximum absolute atomic E-state index is 13.7. The van der Waals surface area contributed by atoms with Crippen molar-refractivity contribution in [3.05, 3.63) is 35.6 Å². The van der Waals surface area contributed by atoms with Crippen LogP contribution in [-0.2, 0) is 0 Å². The lowest BCUT2D eigenvalue weighted by Crippen LogP contribution is -2.24. The highest BCUT2D eigenvalue weighted by atomic mass is 19.1. The zero-order chi connectivity index (χ0) is 11.5. The monoisotopic (exact) mass is 221 g/mol. The minimum atomic E-state index is -0.0820. The van der Waals surface area contributed by atoms with E-state index in [4.69, 9.17) is 0 Å². The first-order valence-electron chi connectivity index (χ1n) is 6.14. The molecule has 2 heteroatoms. The second-order valence-corrected chi connectivity index (χ2v) is 4.97. The molecule has 1 N–H and O–H groups in total. The van der Waals surface area contributed by atoms with Crippen LogP contribution in [0.2, 0.25) is 0 Å². The molecular formula is C14H20FN. The maximum Gasteiger partial charge on any atom is 0.127 e. The van der Waals surface area contributed by atoms with E-state index >= 15 is 0 Å². The largest absolute Gasteiger partial charge is 0.313 e. The third-order valence-electron chi connectivity index (χ3n) is 3.76. The minimum Gasteiger partial charge on any atom is -0.313 e. The topological polar surface area (TPSA) is 12.0 Å². The molecular weight excluding hydrogens is 201 g/mol. The fourth-order valence-corrected chi connectivity index (χ4v) is 2.93. The van der Waals surface area contributed by atoms with Gasteiger partial charge in [0.15, 0.2) is 0 Å². The molecule has 0 bridgehead atoms. The Hall–Kier alpha value is -0.890. The molecule has 16 heavy (non-hydrogen) atoms. The van der Waals surface area contributed by atoms with Gasteiger partial charge in [0.25, 0.3) is 0 Å². The van der Waals surface area contributed by atoms with Gasteiger partial charge in [-0.15, -0.1) is 0 Å². The van der Waals surface area contributed by atoms with Gasteiger partial charge >= 0.3 is 0 Å². The second-order valence-electron chi connectivity index (χ2n) is 4.97. The molecule has 0 aliphatic heterocycles. The van der Waals surface area contributed by atoms with Crippen LogP contribution in [0, 0.1) is 17.7 Å². The van der Waals surface area contributed by atoms with Crippen LogP contribution < -0.4 is 5.32 Å². The molecule has 1 aromatic rings. The number of hydrogen-bond donors (Lipinski definition) is 1. The van der Waals surface area contributed by atoms with E-state index in [2.05, 4.69) is 12.2 Å². The Morgan fingerprint density at radius 1 is 1.31 bits per heavy atom. The summed E-state index contributed by atoms with van der Waals surface area (Å²) in [5, 5.41) is 3.28. The van der Waals surface area contributed by atoms with Gasteiger partial charge in [-0.2, -0.15) is 0 Å². The molecule has 3 unspecified atom stereocenters. The molecule has 1 fully saturated rings. The van der Waals surface area contributed by atoms with Gasteiger partial charge in [0, 0.05) is 11.6 Å². The van der Waals surface area contributed by atoms with Crippen molar-refractivity contribution >= 4 is 0 Å². The summed E-state index contributed by atoms with van der Waals surface area (Å²) in [5.74, 6) is 1.28. The Morgan fingerprint density at radius 2 is 2.06 bits per heavy atom. The van der Waals surface area contributed by atoms with E-state index in [1.54, 1.807) is 12.1 Å². The standard InChI is InChI=1S/C14H20FN/c1-10-7-8-11(9-10)14(16-2)12-5-3-4-6-13(12)15/h3-6,10-11,14,16H,7-9H2,1-2H3. The zero-order valence-electron chi connectivity index (χ0n) is 10.0. The molecule has 0 amide bonds. The zero-order valence-corrected chi connectivity index (χ0v) is 10.0. The molecule has 1 aliphatic rings. The predicted molar refractivity (Wildman–Crippen MR) is 64.7 cm³/mol. The van der Waals surface area contributed by atoms with Gasteiger partial charge in [-0.1, -0.05) is 31.5 Å². The molecule has 0 radical (unpaired) electrons. The third-order valence-corrected chi connectivity index (χ3v) is 3.76. The molecule has 1 aromatic carbocycles. The van der Waals surface area contributed by atoms with Crippen molar-refractivity contribution in [1.82, 2.24) is 5.32 Å². The lowest BCUT2D eigenvalue weighted by atomic mass is 9.91. The molecule has 0 heterocycles. The first-order chi connectivity index (χ1) is 7.72. The lowest BCUT2D eigenvalue weighted by molar-refractivity contribution is 0.368. The molecule has 0 aromatic heterocycles. The van der Waals surface area contributed by atoms with Crippen LogP contribution in [0.15, 0.2) is 24.3 Å². The van der Waals surface area contributed by atoms with Gasteiger partial charge in [-0.3, -0.25) is 0 Å². The average Bonchev–Trinajstić information content (AvgIpc) is 2.69. The molecule has 1 aliphatic carbocycles. The van der Waals surface area contributed by atoms with Crippen LogP contribution >= 0.6 is 0 Å². The Kier molecular flexibility index (Phi) is 3.59. The Morgan fingerprint density at radius 3 is 2.62 bits per heavy atom. The van der Waals surface area contributed by atoms with Crippen molar-refractivity contribution in [3.8, 4) is 0 Å². The van der Waals surface area contributed by atoms with Gasteiger partial charge in [-0.05, 0) is 37.8 Å². The van der Waals surface area contributed by atoms with E-state index < -0.39 is 0 Å². The van der Waals surface area contributed by atoms with E-state index in [0.717, 1.165) is 11.5 Å². The van der Waals surface area contributed by atoms with Crippen LogP contribution in [-0.4, -0.2) is 7.05 Å². The highest BCUT2D eigenvalue weighted by Gasteiger charge is 2.29. The van der Waals surface area contributed by atoms with Crippen molar-refractivity contribution in [3.63, 3.8) is 0 Å². The summed E-state index contributed by atoms with van der Waals surface area (Å²) in [6, 6.07) is 7.30. The van der Waals surface area contributed by atoms with Crippen molar-refractivity contribution in [2.75, 3.05) is 7.05 Å². The number of halogens is 1. The summed E-state index contributed by atoms with van der Waals surface area (Å²) < 4.78 is 13.7. The average molecular weight is 221 g/mol. The van der Waals surface area contributed by atoms with E-state index in [1.807, 2.05) is 19.2 Å². The maximum atomic E-state index is 13.7. The van der Waals surface area contributed by atoms with Crippen LogP contribution in [0.25, 0.3) is 0 Å². The third kappa shape index (κ3) is 2.27. The first-order valence-corrected chi connectivity index (χ1v) is 6.14. The van der Waals surface area contributed by atoms with Gasteiger partial charge in [0.2, 0.25) is 0 Å². The quantitative estimate of drug-likeness (QED) is 0.823. The molecule has 0 saturated heterocycles. The number of nitrogens with one attached hydrogen (secondary N) is 1.